The lowest BCUT2D eigenvalue weighted by molar-refractivity contribution is -0.205. The first-order chi connectivity index (χ1) is 11.7. The van der Waals surface area contributed by atoms with Gasteiger partial charge >= 0.3 is 0 Å². The van der Waals surface area contributed by atoms with Crippen LogP contribution >= 0.6 is 0 Å². The number of unbranched alkanes of at least 4 members (excludes halogenated alkanes) is 8. The van der Waals surface area contributed by atoms with Crippen LogP contribution < -0.4 is 0 Å². The van der Waals surface area contributed by atoms with Crippen LogP contribution in [0.1, 0.15) is 64.7 Å². The molecule has 3 N–H and O–H groups in total. The Hall–Kier alpha value is -0.460. The maximum Gasteiger partial charge on any atom is 0.111 e. The van der Waals surface area contributed by atoms with E-state index in [2.05, 4.69) is 13.0 Å². The van der Waals surface area contributed by atoms with E-state index in [1.54, 1.807) is 0 Å². The van der Waals surface area contributed by atoms with Crippen molar-refractivity contribution in [3.8, 4) is 0 Å². The molecule has 0 spiro atoms. The van der Waals surface area contributed by atoms with Crippen LogP contribution in [-0.4, -0.2) is 59.6 Å². The van der Waals surface area contributed by atoms with E-state index < -0.39 is 24.4 Å². The molecule has 1 aliphatic heterocycles. The number of hydrogen-bond donors (Lipinski definition) is 3. The first kappa shape index (κ1) is 21.6. The second kappa shape index (κ2) is 13.8. The third-order valence-electron chi connectivity index (χ3n) is 4.56. The van der Waals surface area contributed by atoms with Gasteiger partial charge in [0.25, 0.3) is 0 Å². The molecular weight excluding hydrogens is 308 g/mol. The summed E-state index contributed by atoms with van der Waals surface area (Å²) in [5.74, 6) is 0. The van der Waals surface area contributed by atoms with E-state index in [4.69, 9.17) is 14.6 Å². The minimum absolute atomic E-state index is 0.190. The Labute approximate surface area is 146 Å². The van der Waals surface area contributed by atoms with Gasteiger partial charge in [0.1, 0.15) is 24.4 Å². The fraction of sp³-hybridized carbons (Fsp3) is 0.895. The summed E-state index contributed by atoms with van der Waals surface area (Å²) in [6, 6.07) is 0. The molecule has 5 nitrogen and oxygen atoms in total. The molecule has 142 valence electrons. The molecule has 1 heterocycles. The van der Waals surface area contributed by atoms with Crippen LogP contribution in [0.2, 0.25) is 0 Å². The van der Waals surface area contributed by atoms with Crippen LogP contribution in [-0.2, 0) is 9.47 Å². The van der Waals surface area contributed by atoms with Gasteiger partial charge in [-0.15, -0.1) is 0 Å². The molecule has 1 fully saturated rings. The molecule has 0 aliphatic carbocycles. The van der Waals surface area contributed by atoms with Crippen LogP contribution in [0, 0.1) is 0 Å². The average molecular weight is 344 g/mol. The van der Waals surface area contributed by atoms with Gasteiger partial charge < -0.3 is 24.8 Å². The molecule has 0 saturated carbocycles. The van der Waals surface area contributed by atoms with E-state index in [1.165, 1.54) is 51.4 Å². The lowest BCUT2D eigenvalue weighted by Gasteiger charge is -2.36. The van der Waals surface area contributed by atoms with Gasteiger partial charge in [0.15, 0.2) is 0 Å². The highest BCUT2D eigenvalue weighted by Crippen LogP contribution is 2.17. The molecule has 0 aromatic rings. The monoisotopic (exact) mass is 344 g/mol. The lowest BCUT2D eigenvalue weighted by atomic mass is 10.0. The molecule has 0 bridgehead atoms. The van der Waals surface area contributed by atoms with Crippen molar-refractivity contribution in [2.45, 2.75) is 89.1 Å². The average Bonchev–Trinajstić information content (AvgIpc) is 2.59. The smallest absolute Gasteiger partial charge is 0.111 e. The minimum atomic E-state index is -1.10. The summed E-state index contributed by atoms with van der Waals surface area (Å²) in [6.45, 7) is 2.53. The maximum atomic E-state index is 9.93. The topological polar surface area (TPSA) is 79.2 Å². The zero-order valence-electron chi connectivity index (χ0n) is 15.1. The van der Waals surface area contributed by atoms with Crippen molar-refractivity contribution in [1.82, 2.24) is 0 Å². The van der Waals surface area contributed by atoms with Crippen molar-refractivity contribution in [2.75, 3.05) is 19.8 Å². The van der Waals surface area contributed by atoms with Gasteiger partial charge in [-0.25, -0.2) is 0 Å². The molecule has 0 radical (unpaired) electrons. The SMILES string of the molecule is CCCCCCCCCC/C=C/CO[C@@H]1CO[C@@H](CO)[C@H](O)[C@H]1O. The third-order valence-corrected chi connectivity index (χ3v) is 4.56. The van der Waals surface area contributed by atoms with Crippen molar-refractivity contribution in [1.29, 1.82) is 0 Å². The Morgan fingerprint density at radius 3 is 2.29 bits per heavy atom. The fourth-order valence-corrected chi connectivity index (χ4v) is 2.92. The predicted octanol–water partition coefficient (Wildman–Crippen LogP) is 2.57. The summed E-state index contributed by atoms with van der Waals surface area (Å²) in [5.41, 5.74) is 0. The summed E-state index contributed by atoms with van der Waals surface area (Å²) in [5, 5.41) is 28.7. The van der Waals surface area contributed by atoms with Crippen LogP contribution in [0.15, 0.2) is 12.2 Å². The Morgan fingerprint density at radius 1 is 0.958 bits per heavy atom. The molecule has 0 aromatic carbocycles. The molecule has 0 aromatic heterocycles. The van der Waals surface area contributed by atoms with E-state index >= 15 is 0 Å². The zero-order valence-corrected chi connectivity index (χ0v) is 15.1. The van der Waals surface area contributed by atoms with Crippen LogP contribution in [0.3, 0.4) is 0 Å². The Morgan fingerprint density at radius 2 is 1.62 bits per heavy atom. The predicted molar refractivity (Wildman–Crippen MR) is 94.9 cm³/mol. The number of allylic oxidation sites excluding steroid dienone is 1. The van der Waals surface area contributed by atoms with E-state index in [0.717, 1.165) is 6.42 Å². The molecule has 24 heavy (non-hydrogen) atoms. The van der Waals surface area contributed by atoms with Gasteiger partial charge in [-0.05, 0) is 12.8 Å². The number of aliphatic hydroxyl groups is 3. The van der Waals surface area contributed by atoms with Gasteiger partial charge in [0.2, 0.25) is 0 Å². The second-order valence-electron chi connectivity index (χ2n) is 6.64. The molecule has 5 heteroatoms. The lowest BCUT2D eigenvalue weighted by Crippen LogP contribution is -2.54. The van der Waals surface area contributed by atoms with E-state index in [0.29, 0.717) is 6.61 Å². The van der Waals surface area contributed by atoms with Crippen LogP contribution in [0.4, 0.5) is 0 Å². The number of rotatable bonds is 13. The summed E-state index contributed by atoms with van der Waals surface area (Å²) >= 11 is 0. The standard InChI is InChI=1S/C19H36O5/c1-2-3-4-5-6-7-8-9-10-11-12-13-23-17-15-24-16(14-20)18(21)19(17)22/h11-12,16-22H,2-10,13-15H2,1H3/b12-11+/t16-,17+,18-,19-/m0/s1. The number of aliphatic hydroxyl groups excluding tert-OH is 3. The first-order valence-corrected chi connectivity index (χ1v) is 9.55. The van der Waals surface area contributed by atoms with Crippen LogP contribution in [0.25, 0.3) is 0 Å². The quantitative estimate of drug-likeness (QED) is 0.353. The largest absolute Gasteiger partial charge is 0.394 e. The molecule has 0 unspecified atom stereocenters. The number of ether oxygens (including phenoxy) is 2. The summed E-state index contributed by atoms with van der Waals surface area (Å²) in [7, 11) is 0. The molecule has 0 amide bonds. The van der Waals surface area contributed by atoms with E-state index in [-0.39, 0.29) is 13.2 Å². The highest BCUT2D eigenvalue weighted by atomic mass is 16.6. The first-order valence-electron chi connectivity index (χ1n) is 9.55. The Kier molecular flexibility index (Phi) is 12.4. The van der Waals surface area contributed by atoms with Crippen molar-refractivity contribution in [3.05, 3.63) is 12.2 Å². The van der Waals surface area contributed by atoms with Gasteiger partial charge in [0.05, 0.1) is 19.8 Å². The summed E-state index contributed by atoms with van der Waals surface area (Å²) in [4.78, 5) is 0. The van der Waals surface area contributed by atoms with Gasteiger partial charge in [0, 0.05) is 0 Å². The molecule has 4 atom stereocenters. The minimum Gasteiger partial charge on any atom is -0.394 e. The van der Waals surface area contributed by atoms with E-state index in [9.17, 15) is 10.2 Å². The molecular formula is C19H36O5. The normalized spacial score (nSPS) is 27.8. The highest BCUT2D eigenvalue weighted by Gasteiger charge is 2.38. The van der Waals surface area contributed by atoms with Gasteiger partial charge in [-0.3, -0.25) is 0 Å². The third kappa shape index (κ3) is 8.58. The van der Waals surface area contributed by atoms with Crippen molar-refractivity contribution in [2.24, 2.45) is 0 Å². The Balaban J connectivity index is 1.98. The maximum absolute atomic E-state index is 9.93. The summed E-state index contributed by atoms with van der Waals surface area (Å²) in [6.07, 6.45) is 12.3. The molecule has 1 rings (SSSR count). The Bertz CT molecular complexity index is 321. The summed E-state index contributed by atoms with van der Waals surface area (Å²) < 4.78 is 10.8. The molecule has 1 aliphatic rings. The molecule has 1 saturated heterocycles. The zero-order chi connectivity index (χ0) is 17.6. The van der Waals surface area contributed by atoms with Crippen LogP contribution in [0.5, 0.6) is 0 Å². The van der Waals surface area contributed by atoms with Crippen molar-refractivity contribution in [3.63, 3.8) is 0 Å². The fourth-order valence-electron chi connectivity index (χ4n) is 2.92. The number of hydrogen-bond acceptors (Lipinski definition) is 5. The highest BCUT2D eigenvalue weighted by molar-refractivity contribution is 4.89. The van der Waals surface area contributed by atoms with Gasteiger partial charge in [-0.2, -0.15) is 0 Å². The second-order valence-corrected chi connectivity index (χ2v) is 6.64. The van der Waals surface area contributed by atoms with Crippen molar-refractivity contribution < 1.29 is 24.8 Å². The van der Waals surface area contributed by atoms with Crippen molar-refractivity contribution >= 4 is 0 Å². The van der Waals surface area contributed by atoms with E-state index in [1.807, 2.05) is 6.08 Å². The van der Waals surface area contributed by atoms with Gasteiger partial charge in [-0.1, -0.05) is 64.0 Å².